The third-order valence-electron chi connectivity index (χ3n) is 4.47. The van der Waals surface area contributed by atoms with Crippen LogP contribution in [0.2, 0.25) is 10.0 Å². The fourth-order valence-electron chi connectivity index (χ4n) is 3.07. The van der Waals surface area contributed by atoms with Crippen molar-refractivity contribution in [1.82, 2.24) is 24.9 Å². The molecule has 1 amide bonds. The van der Waals surface area contributed by atoms with Gasteiger partial charge in [0.15, 0.2) is 0 Å². The van der Waals surface area contributed by atoms with Gasteiger partial charge in [-0.25, -0.2) is 4.98 Å². The van der Waals surface area contributed by atoms with Gasteiger partial charge in [-0.1, -0.05) is 29.3 Å². The number of halogens is 2. The van der Waals surface area contributed by atoms with Gasteiger partial charge >= 0.3 is 0 Å². The minimum atomic E-state index is -0.222. The predicted molar refractivity (Wildman–Crippen MR) is 106 cm³/mol. The molecule has 3 N–H and O–H groups in total. The van der Waals surface area contributed by atoms with Gasteiger partial charge in [0.2, 0.25) is 11.9 Å². The minimum absolute atomic E-state index is 0.0782. The van der Waals surface area contributed by atoms with Crippen LogP contribution in [0.25, 0.3) is 5.78 Å². The van der Waals surface area contributed by atoms with Crippen molar-refractivity contribution in [3.63, 3.8) is 0 Å². The zero-order valence-electron chi connectivity index (χ0n) is 15.3. The second-order valence-electron chi connectivity index (χ2n) is 6.40. The van der Waals surface area contributed by atoms with Gasteiger partial charge in [-0.3, -0.25) is 4.79 Å². The second kappa shape index (κ2) is 7.70. The van der Waals surface area contributed by atoms with Crippen molar-refractivity contribution < 1.29 is 4.79 Å². The summed E-state index contributed by atoms with van der Waals surface area (Å²) in [5.74, 6) is 0.556. The second-order valence-corrected chi connectivity index (χ2v) is 7.24. The quantitative estimate of drug-likeness (QED) is 0.675. The van der Waals surface area contributed by atoms with Crippen molar-refractivity contribution >= 4 is 40.8 Å². The molecule has 0 aliphatic rings. The summed E-state index contributed by atoms with van der Waals surface area (Å²) < 4.78 is 1.60. The lowest BCUT2D eigenvalue weighted by Gasteiger charge is -2.16. The fraction of sp³-hybridized carbons (Fsp3) is 0.333. The summed E-state index contributed by atoms with van der Waals surface area (Å²) >= 11 is 12.1. The molecule has 1 aromatic carbocycles. The molecule has 0 saturated heterocycles. The molecule has 7 nitrogen and oxygen atoms in total. The van der Waals surface area contributed by atoms with E-state index in [4.69, 9.17) is 28.9 Å². The first kappa shape index (κ1) is 19.4. The van der Waals surface area contributed by atoms with Crippen molar-refractivity contribution in [2.45, 2.75) is 39.7 Å². The molecule has 0 bridgehead atoms. The molecule has 27 heavy (non-hydrogen) atoms. The van der Waals surface area contributed by atoms with Crippen LogP contribution in [0.1, 0.15) is 41.9 Å². The first-order valence-electron chi connectivity index (χ1n) is 8.49. The van der Waals surface area contributed by atoms with Crippen LogP contribution < -0.4 is 11.1 Å². The first-order chi connectivity index (χ1) is 12.8. The third-order valence-corrected chi connectivity index (χ3v) is 5.04. The summed E-state index contributed by atoms with van der Waals surface area (Å²) in [7, 11) is 0. The molecule has 2 aromatic heterocycles. The van der Waals surface area contributed by atoms with Gasteiger partial charge in [0, 0.05) is 27.9 Å². The highest BCUT2D eigenvalue weighted by Gasteiger charge is 2.16. The molecule has 0 aliphatic carbocycles. The van der Waals surface area contributed by atoms with E-state index >= 15 is 0 Å². The number of fused-ring (bicyclic) bond motifs is 1. The molecule has 1 unspecified atom stereocenters. The largest absolute Gasteiger partial charge is 0.366 e. The van der Waals surface area contributed by atoms with Crippen LogP contribution in [-0.2, 0) is 11.2 Å². The number of anilines is 1. The number of hydrogen-bond donors (Lipinski definition) is 2. The standard InChI is InChI=1S/C18H20Cl2N6O/c1-9-13(11(3)26-18(23-9)24-17(21)25-26)6-7-16(27)22-10(2)14-5-4-12(19)8-15(14)20/h4-5,8,10H,6-7H2,1-3H3,(H2,21,25)(H,22,27). The van der Waals surface area contributed by atoms with Crippen LogP contribution in [0.15, 0.2) is 18.2 Å². The van der Waals surface area contributed by atoms with Crippen LogP contribution >= 0.6 is 23.2 Å². The zero-order chi connectivity index (χ0) is 19.7. The predicted octanol–water partition coefficient (Wildman–Crippen LogP) is 3.44. The van der Waals surface area contributed by atoms with E-state index in [-0.39, 0.29) is 17.9 Å². The van der Waals surface area contributed by atoms with Crippen LogP contribution in [0.3, 0.4) is 0 Å². The monoisotopic (exact) mass is 406 g/mol. The number of nitrogens with two attached hydrogens (primary N) is 1. The van der Waals surface area contributed by atoms with Gasteiger partial charge in [0.25, 0.3) is 5.78 Å². The Labute approximate surface area is 166 Å². The Morgan fingerprint density at radius 3 is 2.74 bits per heavy atom. The van der Waals surface area contributed by atoms with Crippen LogP contribution in [-0.4, -0.2) is 25.5 Å². The topological polar surface area (TPSA) is 98.2 Å². The molecule has 0 aliphatic heterocycles. The Kier molecular flexibility index (Phi) is 5.53. The van der Waals surface area contributed by atoms with Crippen molar-refractivity contribution in [2.24, 2.45) is 0 Å². The van der Waals surface area contributed by atoms with Crippen LogP contribution in [0.5, 0.6) is 0 Å². The molecular formula is C18H20Cl2N6O. The van der Waals surface area contributed by atoms with Crippen LogP contribution in [0, 0.1) is 13.8 Å². The molecular weight excluding hydrogens is 387 g/mol. The number of carbonyl (C=O) groups is 1. The zero-order valence-corrected chi connectivity index (χ0v) is 16.8. The van der Waals surface area contributed by atoms with Crippen molar-refractivity contribution in [3.8, 4) is 0 Å². The van der Waals surface area contributed by atoms with E-state index in [9.17, 15) is 4.79 Å². The van der Waals surface area contributed by atoms with Gasteiger partial charge in [-0.2, -0.15) is 9.50 Å². The SMILES string of the molecule is Cc1nc2nc(N)nn2c(C)c1CCC(=O)NC(C)c1ccc(Cl)cc1Cl. The van der Waals surface area contributed by atoms with Gasteiger partial charge in [0.1, 0.15) is 0 Å². The van der Waals surface area contributed by atoms with Gasteiger partial charge in [-0.05, 0) is 50.5 Å². The van der Waals surface area contributed by atoms with Crippen LogP contribution in [0.4, 0.5) is 5.95 Å². The molecule has 1 atom stereocenters. The van der Waals surface area contributed by atoms with E-state index < -0.39 is 0 Å². The number of nitrogens with one attached hydrogen (secondary N) is 1. The van der Waals surface area contributed by atoms with Crippen molar-refractivity contribution in [1.29, 1.82) is 0 Å². The summed E-state index contributed by atoms with van der Waals surface area (Å²) in [4.78, 5) is 20.9. The average Bonchev–Trinajstić information content (AvgIpc) is 2.94. The maximum atomic E-state index is 12.4. The number of benzene rings is 1. The lowest BCUT2D eigenvalue weighted by atomic mass is 10.1. The summed E-state index contributed by atoms with van der Waals surface area (Å²) in [6, 6.07) is 5.01. The smallest absolute Gasteiger partial charge is 0.254 e. The number of aromatic nitrogens is 4. The molecule has 0 radical (unpaired) electrons. The average molecular weight is 407 g/mol. The molecule has 9 heteroatoms. The molecule has 0 fully saturated rings. The first-order valence-corrected chi connectivity index (χ1v) is 9.24. The molecule has 3 rings (SSSR count). The number of rotatable bonds is 5. The van der Waals surface area contributed by atoms with Crippen molar-refractivity contribution in [3.05, 3.63) is 50.8 Å². The van der Waals surface area contributed by atoms with Crippen molar-refractivity contribution in [2.75, 3.05) is 5.73 Å². The summed E-state index contributed by atoms with van der Waals surface area (Å²) in [5, 5.41) is 8.19. The molecule has 0 spiro atoms. The van der Waals surface area contributed by atoms with E-state index in [0.717, 1.165) is 22.5 Å². The summed E-state index contributed by atoms with van der Waals surface area (Å²) in [6.07, 6.45) is 0.849. The normalized spacial score (nSPS) is 12.3. The summed E-state index contributed by atoms with van der Waals surface area (Å²) in [5.41, 5.74) is 9.12. The molecule has 3 aromatic rings. The highest BCUT2D eigenvalue weighted by Crippen LogP contribution is 2.26. The van der Waals surface area contributed by atoms with Gasteiger partial charge in [0.05, 0.1) is 6.04 Å². The van der Waals surface area contributed by atoms with Gasteiger partial charge < -0.3 is 11.1 Å². The number of carbonyl (C=O) groups excluding carboxylic acids is 1. The number of nitrogens with zero attached hydrogens (tertiary/aromatic N) is 4. The lowest BCUT2D eigenvalue weighted by molar-refractivity contribution is -0.121. The highest BCUT2D eigenvalue weighted by atomic mass is 35.5. The Hall–Kier alpha value is -2.38. The number of aryl methyl sites for hydroxylation is 2. The maximum absolute atomic E-state index is 12.4. The Morgan fingerprint density at radius 1 is 1.30 bits per heavy atom. The van der Waals surface area contributed by atoms with E-state index in [1.54, 1.807) is 16.6 Å². The van der Waals surface area contributed by atoms with E-state index in [1.165, 1.54) is 0 Å². The fourth-order valence-corrected chi connectivity index (χ4v) is 3.64. The van der Waals surface area contributed by atoms with E-state index in [2.05, 4.69) is 20.4 Å². The summed E-state index contributed by atoms with van der Waals surface area (Å²) in [6.45, 7) is 5.69. The highest BCUT2D eigenvalue weighted by molar-refractivity contribution is 6.35. The maximum Gasteiger partial charge on any atom is 0.254 e. The Balaban J connectivity index is 1.69. The third kappa shape index (κ3) is 4.14. The molecule has 142 valence electrons. The number of nitrogen functional groups attached to an aromatic ring is 1. The number of hydrogen-bond acceptors (Lipinski definition) is 5. The number of amides is 1. The lowest BCUT2D eigenvalue weighted by Crippen LogP contribution is -2.27. The Morgan fingerprint density at radius 2 is 2.04 bits per heavy atom. The Bertz CT molecular complexity index is 1020. The molecule has 2 heterocycles. The van der Waals surface area contributed by atoms with E-state index in [0.29, 0.717) is 28.7 Å². The van der Waals surface area contributed by atoms with Gasteiger partial charge in [-0.15, -0.1) is 5.10 Å². The minimum Gasteiger partial charge on any atom is -0.366 e. The molecule has 0 saturated carbocycles. The van der Waals surface area contributed by atoms with E-state index in [1.807, 2.05) is 26.8 Å².